The van der Waals surface area contributed by atoms with Crippen LogP contribution in [0.2, 0.25) is 0 Å². The molecular formula is C30H31FN2O4. The first-order valence-corrected chi connectivity index (χ1v) is 12.9. The fraction of sp³-hybridized carbons (Fsp3) is 0.333. The lowest BCUT2D eigenvalue weighted by molar-refractivity contribution is -0.123. The largest absolute Gasteiger partial charge is 0.486 e. The Morgan fingerprint density at radius 2 is 1.68 bits per heavy atom. The summed E-state index contributed by atoms with van der Waals surface area (Å²) in [4.78, 5) is 29.8. The van der Waals surface area contributed by atoms with Gasteiger partial charge in [-0.3, -0.25) is 14.5 Å². The van der Waals surface area contributed by atoms with E-state index in [0.717, 1.165) is 31.2 Å². The highest BCUT2D eigenvalue weighted by Crippen LogP contribution is 2.36. The molecule has 0 spiro atoms. The molecule has 0 bridgehead atoms. The summed E-state index contributed by atoms with van der Waals surface area (Å²) >= 11 is 0. The number of fused-ring (bicyclic) bond motifs is 1. The molecule has 1 heterocycles. The maximum Gasteiger partial charge on any atom is 0.259 e. The molecule has 37 heavy (non-hydrogen) atoms. The van der Waals surface area contributed by atoms with Gasteiger partial charge < -0.3 is 14.8 Å². The second-order valence-corrected chi connectivity index (χ2v) is 9.46. The van der Waals surface area contributed by atoms with Crippen molar-refractivity contribution in [2.24, 2.45) is 0 Å². The van der Waals surface area contributed by atoms with E-state index in [4.69, 9.17) is 9.47 Å². The number of benzene rings is 3. The summed E-state index contributed by atoms with van der Waals surface area (Å²) in [6.07, 6.45) is 4.60. The van der Waals surface area contributed by atoms with Crippen molar-refractivity contribution in [2.45, 2.75) is 51.1 Å². The number of para-hydroxylation sites is 1. The zero-order valence-corrected chi connectivity index (χ0v) is 20.9. The van der Waals surface area contributed by atoms with Crippen LogP contribution in [0.4, 0.5) is 10.1 Å². The molecule has 1 unspecified atom stereocenters. The van der Waals surface area contributed by atoms with Crippen LogP contribution in [0.15, 0.2) is 66.7 Å². The van der Waals surface area contributed by atoms with Crippen molar-refractivity contribution >= 4 is 17.5 Å². The first kappa shape index (κ1) is 24.8. The van der Waals surface area contributed by atoms with Gasteiger partial charge in [-0.2, -0.15) is 0 Å². The predicted octanol–water partition coefficient (Wildman–Crippen LogP) is 5.61. The number of nitrogens with one attached hydrogen (secondary N) is 1. The summed E-state index contributed by atoms with van der Waals surface area (Å²) < 4.78 is 25.3. The standard InChI is InChI=1S/C30H31FN2O4/c1-2-20-7-3-6-10-25(20)33(30(35)22-13-16-26-27(19-22)37-18-17-36-26)28(21-11-14-23(31)15-12-21)29(34)32-24-8-4-5-9-24/h3,6-7,10-16,19,24,28H,2,4-5,8-9,17-18H2,1H3,(H,32,34). The first-order chi connectivity index (χ1) is 18.0. The van der Waals surface area contributed by atoms with Crippen LogP contribution >= 0.6 is 0 Å². The van der Waals surface area contributed by atoms with Gasteiger partial charge in [0.1, 0.15) is 25.1 Å². The van der Waals surface area contributed by atoms with Crippen molar-refractivity contribution < 1.29 is 23.5 Å². The Balaban J connectivity index is 1.63. The quantitative estimate of drug-likeness (QED) is 0.456. The summed E-state index contributed by atoms with van der Waals surface area (Å²) in [5.41, 5.74) is 2.47. The summed E-state index contributed by atoms with van der Waals surface area (Å²) in [5.74, 6) is 0.0355. The predicted molar refractivity (Wildman–Crippen MR) is 140 cm³/mol. The van der Waals surface area contributed by atoms with Crippen LogP contribution in [0.5, 0.6) is 11.5 Å². The highest BCUT2D eigenvalue weighted by atomic mass is 19.1. The lowest BCUT2D eigenvalue weighted by Gasteiger charge is -2.34. The summed E-state index contributed by atoms with van der Waals surface area (Å²) in [6.45, 7) is 2.86. The van der Waals surface area contributed by atoms with Crippen molar-refractivity contribution in [1.29, 1.82) is 0 Å². The maximum atomic E-state index is 14.3. The average Bonchev–Trinajstić information content (AvgIpc) is 3.44. The molecule has 1 saturated carbocycles. The third kappa shape index (κ3) is 5.31. The average molecular weight is 503 g/mol. The van der Waals surface area contributed by atoms with E-state index in [-0.39, 0.29) is 17.9 Å². The molecule has 0 radical (unpaired) electrons. The van der Waals surface area contributed by atoms with Crippen molar-refractivity contribution in [3.05, 3.63) is 89.2 Å². The fourth-order valence-electron chi connectivity index (χ4n) is 5.14. The zero-order valence-electron chi connectivity index (χ0n) is 20.9. The Kier molecular flexibility index (Phi) is 7.40. The Hall–Kier alpha value is -3.87. The number of carbonyl (C=O) groups excluding carboxylic acids is 2. The van der Waals surface area contributed by atoms with E-state index < -0.39 is 11.9 Å². The van der Waals surface area contributed by atoms with Gasteiger partial charge in [-0.15, -0.1) is 0 Å². The Bertz CT molecular complexity index is 1270. The third-order valence-corrected chi connectivity index (χ3v) is 7.03. The first-order valence-electron chi connectivity index (χ1n) is 12.9. The minimum absolute atomic E-state index is 0.0584. The SMILES string of the molecule is CCc1ccccc1N(C(=O)c1ccc2c(c1)OCCO2)C(C(=O)NC1CCCC1)c1ccc(F)cc1. The Morgan fingerprint density at radius 3 is 2.41 bits per heavy atom. The number of amides is 2. The molecule has 2 aliphatic rings. The van der Waals surface area contributed by atoms with E-state index in [0.29, 0.717) is 47.9 Å². The van der Waals surface area contributed by atoms with Gasteiger partial charge in [-0.25, -0.2) is 4.39 Å². The molecule has 192 valence electrons. The molecule has 0 aromatic heterocycles. The van der Waals surface area contributed by atoms with Crippen LogP contribution in [-0.4, -0.2) is 31.1 Å². The number of rotatable bonds is 7. The van der Waals surface area contributed by atoms with Crippen molar-refractivity contribution in [3.63, 3.8) is 0 Å². The molecule has 1 aliphatic heterocycles. The lowest BCUT2D eigenvalue weighted by atomic mass is 9.99. The van der Waals surface area contributed by atoms with Crippen molar-refractivity contribution in [3.8, 4) is 11.5 Å². The molecule has 1 fully saturated rings. The molecule has 2 amide bonds. The third-order valence-electron chi connectivity index (χ3n) is 7.03. The number of hydrogen-bond donors (Lipinski definition) is 1. The maximum absolute atomic E-state index is 14.3. The van der Waals surface area contributed by atoms with Gasteiger partial charge >= 0.3 is 0 Å². The molecule has 5 rings (SSSR count). The number of anilines is 1. The summed E-state index contributed by atoms with van der Waals surface area (Å²) in [5, 5.41) is 3.16. The smallest absolute Gasteiger partial charge is 0.259 e. The Labute approximate surface area is 216 Å². The van der Waals surface area contributed by atoms with E-state index >= 15 is 0 Å². The van der Waals surface area contributed by atoms with Gasteiger partial charge in [-0.1, -0.05) is 50.1 Å². The molecule has 6 nitrogen and oxygen atoms in total. The number of ether oxygens (including phenoxy) is 2. The number of aryl methyl sites for hydroxylation is 1. The van der Waals surface area contributed by atoms with Crippen LogP contribution in [0.25, 0.3) is 0 Å². The van der Waals surface area contributed by atoms with Crippen LogP contribution in [0, 0.1) is 5.82 Å². The normalized spacial score (nSPS) is 15.7. The molecule has 0 saturated heterocycles. The minimum Gasteiger partial charge on any atom is -0.486 e. The van der Waals surface area contributed by atoms with Gasteiger partial charge in [0.2, 0.25) is 5.91 Å². The molecule has 1 atom stereocenters. The summed E-state index contributed by atoms with van der Waals surface area (Å²) in [7, 11) is 0. The Morgan fingerprint density at radius 1 is 0.973 bits per heavy atom. The second kappa shape index (κ2) is 11.0. The number of carbonyl (C=O) groups is 2. The molecule has 1 aliphatic carbocycles. The van der Waals surface area contributed by atoms with E-state index in [1.807, 2.05) is 31.2 Å². The molecular weight excluding hydrogens is 471 g/mol. The monoisotopic (exact) mass is 502 g/mol. The van der Waals surface area contributed by atoms with Gasteiger partial charge in [-0.05, 0) is 66.8 Å². The summed E-state index contributed by atoms with van der Waals surface area (Å²) in [6, 6.07) is 17.5. The van der Waals surface area contributed by atoms with Crippen LogP contribution < -0.4 is 19.7 Å². The zero-order chi connectivity index (χ0) is 25.8. The van der Waals surface area contributed by atoms with Gasteiger partial charge in [0.05, 0.1) is 0 Å². The highest BCUT2D eigenvalue weighted by Gasteiger charge is 2.36. The van der Waals surface area contributed by atoms with E-state index in [1.165, 1.54) is 12.1 Å². The van der Waals surface area contributed by atoms with Crippen molar-refractivity contribution in [2.75, 3.05) is 18.1 Å². The molecule has 3 aromatic rings. The fourth-order valence-corrected chi connectivity index (χ4v) is 5.14. The van der Waals surface area contributed by atoms with E-state index in [9.17, 15) is 14.0 Å². The van der Waals surface area contributed by atoms with Crippen molar-refractivity contribution in [1.82, 2.24) is 5.32 Å². The number of halogens is 1. The van der Waals surface area contributed by atoms with Crippen LogP contribution in [0.1, 0.15) is 60.1 Å². The number of nitrogens with zero attached hydrogens (tertiary/aromatic N) is 1. The lowest BCUT2D eigenvalue weighted by Crippen LogP contribution is -2.46. The topological polar surface area (TPSA) is 67.9 Å². The van der Waals surface area contributed by atoms with Gasteiger partial charge in [0, 0.05) is 17.3 Å². The van der Waals surface area contributed by atoms with Crippen LogP contribution in [-0.2, 0) is 11.2 Å². The van der Waals surface area contributed by atoms with E-state index in [1.54, 1.807) is 35.2 Å². The van der Waals surface area contributed by atoms with Crippen LogP contribution in [0.3, 0.4) is 0 Å². The molecule has 1 N–H and O–H groups in total. The molecule has 3 aromatic carbocycles. The molecule has 7 heteroatoms. The highest BCUT2D eigenvalue weighted by molar-refractivity contribution is 6.10. The second-order valence-electron chi connectivity index (χ2n) is 9.46. The van der Waals surface area contributed by atoms with Gasteiger partial charge in [0.25, 0.3) is 5.91 Å². The minimum atomic E-state index is -0.991. The van der Waals surface area contributed by atoms with E-state index in [2.05, 4.69) is 5.32 Å². The number of hydrogen-bond acceptors (Lipinski definition) is 4. The van der Waals surface area contributed by atoms with Gasteiger partial charge in [0.15, 0.2) is 11.5 Å².